The highest BCUT2D eigenvalue weighted by atomic mass is 35.5. The lowest BCUT2D eigenvalue weighted by Gasteiger charge is -2.17. The molecule has 0 heterocycles. The minimum Gasteiger partial charge on any atom is -0.310 e. The molecule has 0 radical (unpaired) electrons. The molecule has 114 valence electrons. The van der Waals surface area contributed by atoms with Crippen LogP contribution >= 0.6 is 11.6 Å². The molecule has 0 fully saturated rings. The molecule has 1 unspecified atom stereocenters. The second-order valence-corrected chi connectivity index (χ2v) is 6.50. The van der Waals surface area contributed by atoms with Crippen LogP contribution in [-0.2, 0) is 0 Å². The van der Waals surface area contributed by atoms with Gasteiger partial charge in [0.25, 0.3) is 0 Å². The Morgan fingerprint density at radius 2 is 1.85 bits per heavy atom. The molecule has 0 amide bonds. The average Bonchev–Trinajstić information content (AvgIpc) is 2.41. The Balaban J connectivity index is 2.19. The number of hydrogen-bond acceptors (Lipinski definition) is 1. The molecule has 1 aromatic carbocycles. The molecule has 1 rings (SSSR count). The summed E-state index contributed by atoms with van der Waals surface area (Å²) in [5.74, 6) is 0.848. The van der Waals surface area contributed by atoms with Crippen LogP contribution in [-0.4, -0.2) is 6.54 Å². The summed E-state index contributed by atoms with van der Waals surface area (Å²) in [5.41, 5.74) is 1.31. The van der Waals surface area contributed by atoms with Crippen molar-refractivity contribution in [1.82, 2.24) is 5.32 Å². The minimum atomic E-state index is 0.435. The third-order valence-corrected chi connectivity index (χ3v) is 3.99. The Hall–Kier alpha value is -0.530. The average molecular weight is 296 g/mol. The molecule has 1 aromatic rings. The molecule has 0 spiro atoms. The van der Waals surface area contributed by atoms with E-state index in [1.807, 2.05) is 12.1 Å². The van der Waals surface area contributed by atoms with Gasteiger partial charge in [-0.05, 0) is 43.0 Å². The Kier molecular flexibility index (Phi) is 8.97. The van der Waals surface area contributed by atoms with Crippen LogP contribution in [0.2, 0.25) is 5.02 Å². The predicted molar refractivity (Wildman–Crippen MR) is 90.4 cm³/mol. The number of rotatable bonds is 10. The first-order valence-corrected chi connectivity index (χ1v) is 8.50. The molecule has 0 saturated carbocycles. The van der Waals surface area contributed by atoms with E-state index in [0.29, 0.717) is 6.04 Å². The van der Waals surface area contributed by atoms with Gasteiger partial charge in [0.1, 0.15) is 0 Å². The van der Waals surface area contributed by atoms with Crippen LogP contribution in [0.25, 0.3) is 0 Å². The van der Waals surface area contributed by atoms with Gasteiger partial charge in [0.05, 0.1) is 0 Å². The van der Waals surface area contributed by atoms with E-state index in [9.17, 15) is 0 Å². The zero-order valence-corrected chi connectivity index (χ0v) is 14.0. The van der Waals surface area contributed by atoms with E-state index < -0.39 is 0 Å². The van der Waals surface area contributed by atoms with Crippen molar-refractivity contribution in [2.24, 2.45) is 5.92 Å². The summed E-state index contributed by atoms with van der Waals surface area (Å²) < 4.78 is 0. The van der Waals surface area contributed by atoms with Gasteiger partial charge >= 0.3 is 0 Å². The lowest BCUT2D eigenvalue weighted by Crippen LogP contribution is -2.21. The zero-order valence-electron chi connectivity index (χ0n) is 13.3. The van der Waals surface area contributed by atoms with E-state index in [1.54, 1.807) is 0 Å². The van der Waals surface area contributed by atoms with Crippen LogP contribution < -0.4 is 5.32 Å². The minimum absolute atomic E-state index is 0.435. The van der Waals surface area contributed by atoms with E-state index in [2.05, 4.69) is 38.2 Å². The molecule has 0 saturated heterocycles. The monoisotopic (exact) mass is 295 g/mol. The predicted octanol–water partition coefficient (Wildman–Crippen LogP) is 5.99. The zero-order chi connectivity index (χ0) is 14.8. The highest BCUT2D eigenvalue weighted by Crippen LogP contribution is 2.20. The van der Waals surface area contributed by atoms with Crippen molar-refractivity contribution in [2.75, 3.05) is 6.54 Å². The van der Waals surface area contributed by atoms with Crippen molar-refractivity contribution >= 4 is 11.6 Å². The maximum Gasteiger partial charge on any atom is 0.0409 e. The van der Waals surface area contributed by atoms with E-state index >= 15 is 0 Å². The van der Waals surface area contributed by atoms with Gasteiger partial charge < -0.3 is 5.32 Å². The van der Waals surface area contributed by atoms with E-state index in [0.717, 1.165) is 23.9 Å². The number of nitrogens with one attached hydrogen (secondary N) is 1. The first-order valence-electron chi connectivity index (χ1n) is 8.12. The van der Waals surface area contributed by atoms with Crippen LogP contribution in [0.3, 0.4) is 0 Å². The van der Waals surface area contributed by atoms with Crippen molar-refractivity contribution in [1.29, 1.82) is 0 Å². The van der Waals surface area contributed by atoms with Gasteiger partial charge in [0.15, 0.2) is 0 Å². The SMILES string of the molecule is CCC(NCCCCCCC(C)C)c1cccc(Cl)c1. The van der Waals surface area contributed by atoms with Gasteiger partial charge in [-0.25, -0.2) is 0 Å². The molecular weight excluding hydrogens is 266 g/mol. The van der Waals surface area contributed by atoms with E-state index in [1.165, 1.54) is 37.7 Å². The van der Waals surface area contributed by atoms with Crippen molar-refractivity contribution < 1.29 is 0 Å². The Labute approximate surface area is 130 Å². The first kappa shape index (κ1) is 17.5. The largest absolute Gasteiger partial charge is 0.310 e. The normalized spacial score (nSPS) is 12.8. The topological polar surface area (TPSA) is 12.0 Å². The lowest BCUT2D eigenvalue weighted by molar-refractivity contribution is 0.480. The molecule has 0 bridgehead atoms. The molecule has 1 atom stereocenters. The van der Waals surface area contributed by atoms with Crippen LogP contribution in [0.4, 0.5) is 0 Å². The number of unbranched alkanes of at least 4 members (excludes halogenated alkanes) is 3. The number of hydrogen-bond donors (Lipinski definition) is 1. The summed E-state index contributed by atoms with van der Waals surface area (Å²) in [5, 5.41) is 4.48. The Morgan fingerprint density at radius 1 is 1.10 bits per heavy atom. The van der Waals surface area contributed by atoms with Crippen LogP contribution in [0, 0.1) is 5.92 Å². The summed E-state index contributed by atoms with van der Waals surface area (Å²) in [6.45, 7) is 7.94. The molecule has 0 aliphatic rings. The molecular formula is C18H30ClN. The van der Waals surface area contributed by atoms with E-state index in [4.69, 9.17) is 11.6 Å². The van der Waals surface area contributed by atoms with Crippen molar-refractivity contribution in [3.8, 4) is 0 Å². The summed E-state index contributed by atoms with van der Waals surface area (Å²) in [6, 6.07) is 8.64. The fourth-order valence-electron chi connectivity index (χ4n) is 2.53. The van der Waals surface area contributed by atoms with Gasteiger partial charge in [-0.1, -0.05) is 70.2 Å². The van der Waals surface area contributed by atoms with E-state index in [-0.39, 0.29) is 0 Å². The highest BCUT2D eigenvalue weighted by molar-refractivity contribution is 6.30. The van der Waals surface area contributed by atoms with Crippen LogP contribution in [0.1, 0.15) is 70.9 Å². The maximum atomic E-state index is 6.06. The summed E-state index contributed by atoms with van der Waals surface area (Å²) in [6.07, 6.45) is 7.83. The lowest BCUT2D eigenvalue weighted by atomic mass is 10.0. The highest BCUT2D eigenvalue weighted by Gasteiger charge is 2.08. The van der Waals surface area contributed by atoms with Crippen LogP contribution in [0.5, 0.6) is 0 Å². The molecule has 1 N–H and O–H groups in total. The van der Waals surface area contributed by atoms with Gasteiger partial charge in [0.2, 0.25) is 0 Å². The van der Waals surface area contributed by atoms with Gasteiger partial charge in [-0.2, -0.15) is 0 Å². The van der Waals surface area contributed by atoms with Crippen molar-refractivity contribution in [3.63, 3.8) is 0 Å². The molecule has 0 aliphatic heterocycles. The quantitative estimate of drug-likeness (QED) is 0.523. The third kappa shape index (κ3) is 7.31. The standard InChI is InChI=1S/C18H30ClN/c1-4-18(16-11-9-12-17(19)14-16)20-13-8-6-5-7-10-15(2)3/h9,11-12,14-15,18,20H,4-8,10,13H2,1-3H3. The molecule has 1 nitrogen and oxygen atoms in total. The van der Waals surface area contributed by atoms with Gasteiger partial charge in [-0.3, -0.25) is 0 Å². The smallest absolute Gasteiger partial charge is 0.0409 e. The Morgan fingerprint density at radius 3 is 2.50 bits per heavy atom. The molecule has 20 heavy (non-hydrogen) atoms. The number of benzene rings is 1. The number of halogens is 1. The maximum absolute atomic E-state index is 6.06. The summed E-state index contributed by atoms with van der Waals surface area (Å²) in [4.78, 5) is 0. The van der Waals surface area contributed by atoms with Crippen molar-refractivity contribution in [2.45, 2.75) is 65.3 Å². The third-order valence-electron chi connectivity index (χ3n) is 3.76. The first-order chi connectivity index (χ1) is 9.63. The second kappa shape index (κ2) is 10.2. The molecule has 2 heteroatoms. The van der Waals surface area contributed by atoms with Gasteiger partial charge in [0, 0.05) is 11.1 Å². The molecule has 0 aromatic heterocycles. The molecule has 0 aliphatic carbocycles. The second-order valence-electron chi connectivity index (χ2n) is 6.07. The van der Waals surface area contributed by atoms with Gasteiger partial charge in [-0.15, -0.1) is 0 Å². The summed E-state index contributed by atoms with van der Waals surface area (Å²) >= 11 is 6.06. The van der Waals surface area contributed by atoms with Crippen LogP contribution in [0.15, 0.2) is 24.3 Å². The fourth-order valence-corrected chi connectivity index (χ4v) is 2.73. The Bertz CT molecular complexity index is 362. The fraction of sp³-hybridized carbons (Fsp3) is 0.667. The van der Waals surface area contributed by atoms with Crippen molar-refractivity contribution in [3.05, 3.63) is 34.9 Å². The summed E-state index contributed by atoms with van der Waals surface area (Å²) in [7, 11) is 0.